The summed E-state index contributed by atoms with van der Waals surface area (Å²) in [5.41, 5.74) is 6.05. The first-order valence-corrected chi connectivity index (χ1v) is 12.2. The molecular weight excluding hydrogens is 433 g/mol. The van der Waals surface area contributed by atoms with Gasteiger partial charge in [0.1, 0.15) is 5.82 Å². The van der Waals surface area contributed by atoms with Gasteiger partial charge in [0.05, 0.1) is 5.69 Å². The Bertz CT molecular complexity index is 1140. The molecule has 0 amide bonds. The SMILES string of the molecule is C=C(C)/C=C\C(=C/C)c1cncc(-c2ccnc(-c3ccccc3F)c2)c1.CCCN(C)CCC. The number of pyridine rings is 2. The summed E-state index contributed by atoms with van der Waals surface area (Å²) in [4.78, 5) is 11.1. The highest BCUT2D eigenvalue weighted by atomic mass is 19.1. The lowest BCUT2D eigenvalue weighted by atomic mass is 10.0. The van der Waals surface area contributed by atoms with Gasteiger partial charge in [0, 0.05) is 35.3 Å². The summed E-state index contributed by atoms with van der Waals surface area (Å²) in [7, 11) is 2.17. The zero-order valence-corrected chi connectivity index (χ0v) is 21.8. The van der Waals surface area contributed by atoms with Crippen molar-refractivity contribution in [3.63, 3.8) is 0 Å². The Hall–Kier alpha value is -3.37. The van der Waals surface area contributed by atoms with Crippen molar-refractivity contribution in [1.29, 1.82) is 0 Å². The van der Waals surface area contributed by atoms with Gasteiger partial charge in [0.2, 0.25) is 0 Å². The molecule has 0 aliphatic heterocycles. The Balaban J connectivity index is 0.000000466. The van der Waals surface area contributed by atoms with Gasteiger partial charge < -0.3 is 4.90 Å². The fourth-order valence-electron chi connectivity index (χ4n) is 3.65. The average Bonchev–Trinajstić information content (AvgIpc) is 2.86. The Kier molecular flexibility index (Phi) is 11.8. The van der Waals surface area contributed by atoms with Crippen LogP contribution in [0.25, 0.3) is 28.0 Å². The third-order valence-corrected chi connectivity index (χ3v) is 5.38. The maximum Gasteiger partial charge on any atom is 0.132 e. The van der Waals surface area contributed by atoms with Gasteiger partial charge in [-0.25, -0.2) is 4.39 Å². The molecule has 0 fully saturated rings. The van der Waals surface area contributed by atoms with Crippen molar-refractivity contribution < 1.29 is 4.39 Å². The largest absolute Gasteiger partial charge is 0.306 e. The standard InChI is InChI=1S/C24H21FN2.C7H17N/c1-4-18(10-9-17(2)3)20-13-21(16-26-15-20)19-11-12-27-24(14-19)22-7-5-6-8-23(22)25;1-4-6-8(3)7-5-2/h4-16H,2H2,1,3H3;4-7H2,1-3H3/b10-9-,18-4+;. The molecule has 0 atom stereocenters. The van der Waals surface area contributed by atoms with Crippen LogP contribution in [0.4, 0.5) is 4.39 Å². The van der Waals surface area contributed by atoms with Gasteiger partial charge in [-0.15, -0.1) is 0 Å². The third-order valence-electron chi connectivity index (χ3n) is 5.38. The molecule has 0 unspecified atom stereocenters. The van der Waals surface area contributed by atoms with Crippen LogP contribution in [0.2, 0.25) is 0 Å². The van der Waals surface area contributed by atoms with E-state index in [2.05, 4.69) is 48.4 Å². The Morgan fingerprint density at radius 1 is 1.00 bits per heavy atom. The second-order valence-corrected chi connectivity index (χ2v) is 8.60. The lowest BCUT2D eigenvalue weighted by molar-refractivity contribution is 0.335. The van der Waals surface area contributed by atoms with E-state index in [1.807, 2.05) is 50.4 Å². The minimum atomic E-state index is -0.282. The maximum absolute atomic E-state index is 14.1. The number of aromatic nitrogens is 2. The normalized spacial score (nSPS) is 11.5. The molecule has 3 rings (SSSR count). The van der Waals surface area contributed by atoms with Crippen LogP contribution in [0.5, 0.6) is 0 Å². The van der Waals surface area contributed by atoms with E-state index in [0.717, 1.165) is 27.8 Å². The first kappa shape index (κ1) is 27.9. The topological polar surface area (TPSA) is 29.0 Å². The van der Waals surface area contributed by atoms with Crippen molar-refractivity contribution in [3.05, 3.63) is 103 Å². The second-order valence-electron chi connectivity index (χ2n) is 8.60. The first-order chi connectivity index (χ1) is 16.9. The summed E-state index contributed by atoms with van der Waals surface area (Å²) in [6.45, 7) is 14.8. The predicted octanol–water partition coefficient (Wildman–Crippen LogP) is 8.22. The summed E-state index contributed by atoms with van der Waals surface area (Å²) in [6, 6.07) is 12.5. The lowest BCUT2D eigenvalue weighted by Crippen LogP contribution is -2.19. The van der Waals surface area contributed by atoms with Gasteiger partial charge in [0.15, 0.2) is 0 Å². The van der Waals surface area contributed by atoms with Crippen LogP contribution < -0.4 is 0 Å². The summed E-state index contributed by atoms with van der Waals surface area (Å²) < 4.78 is 14.1. The highest BCUT2D eigenvalue weighted by Gasteiger charge is 2.08. The van der Waals surface area contributed by atoms with Gasteiger partial charge in [-0.2, -0.15) is 0 Å². The Morgan fingerprint density at radius 3 is 2.34 bits per heavy atom. The van der Waals surface area contributed by atoms with Crippen LogP contribution in [-0.2, 0) is 0 Å². The minimum absolute atomic E-state index is 0.282. The zero-order chi connectivity index (χ0) is 25.6. The quantitative estimate of drug-likeness (QED) is 0.294. The van der Waals surface area contributed by atoms with E-state index in [-0.39, 0.29) is 5.82 Å². The zero-order valence-electron chi connectivity index (χ0n) is 21.8. The van der Waals surface area contributed by atoms with Gasteiger partial charge in [-0.3, -0.25) is 9.97 Å². The molecule has 3 nitrogen and oxygen atoms in total. The molecule has 3 aromatic rings. The highest BCUT2D eigenvalue weighted by molar-refractivity contribution is 5.78. The number of hydrogen-bond donors (Lipinski definition) is 0. The van der Waals surface area contributed by atoms with Crippen molar-refractivity contribution in [2.75, 3.05) is 20.1 Å². The molecule has 0 aliphatic rings. The fraction of sp³-hybridized carbons (Fsp3) is 0.290. The van der Waals surface area contributed by atoms with Gasteiger partial charge >= 0.3 is 0 Å². The number of rotatable bonds is 9. The first-order valence-electron chi connectivity index (χ1n) is 12.2. The molecule has 1 aromatic carbocycles. The van der Waals surface area contributed by atoms with Crippen LogP contribution in [-0.4, -0.2) is 35.0 Å². The molecule has 0 saturated carbocycles. The van der Waals surface area contributed by atoms with Crippen LogP contribution in [0.1, 0.15) is 46.1 Å². The van der Waals surface area contributed by atoms with E-state index in [4.69, 9.17) is 0 Å². The number of benzene rings is 1. The van der Waals surface area contributed by atoms with Crippen molar-refractivity contribution in [2.24, 2.45) is 0 Å². The molecule has 2 heterocycles. The molecule has 0 N–H and O–H groups in total. The Morgan fingerprint density at radius 2 is 1.71 bits per heavy atom. The molecular formula is C31H38FN3. The van der Waals surface area contributed by atoms with Gasteiger partial charge in [0.25, 0.3) is 0 Å². The number of hydrogen-bond acceptors (Lipinski definition) is 3. The van der Waals surface area contributed by atoms with E-state index in [1.165, 1.54) is 32.0 Å². The van der Waals surface area contributed by atoms with Gasteiger partial charge in [-0.1, -0.05) is 56.4 Å². The molecule has 184 valence electrons. The summed E-state index contributed by atoms with van der Waals surface area (Å²) >= 11 is 0. The summed E-state index contributed by atoms with van der Waals surface area (Å²) in [5, 5.41) is 0. The number of halogens is 1. The molecule has 2 aromatic heterocycles. The van der Waals surface area contributed by atoms with Crippen molar-refractivity contribution >= 4 is 5.57 Å². The van der Waals surface area contributed by atoms with Crippen LogP contribution >= 0.6 is 0 Å². The number of allylic oxidation sites excluding steroid dienone is 5. The van der Waals surface area contributed by atoms with Crippen molar-refractivity contribution in [1.82, 2.24) is 14.9 Å². The smallest absolute Gasteiger partial charge is 0.132 e. The lowest BCUT2D eigenvalue weighted by Gasteiger charge is -2.12. The van der Waals surface area contributed by atoms with E-state index in [0.29, 0.717) is 11.3 Å². The monoisotopic (exact) mass is 471 g/mol. The van der Waals surface area contributed by atoms with Crippen molar-refractivity contribution in [2.45, 2.75) is 40.5 Å². The molecule has 0 saturated heterocycles. The molecule has 4 heteroatoms. The molecule has 35 heavy (non-hydrogen) atoms. The highest BCUT2D eigenvalue weighted by Crippen LogP contribution is 2.27. The molecule has 0 bridgehead atoms. The molecule has 0 aliphatic carbocycles. The maximum atomic E-state index is 14.1. The van der Waals surface area contributed by atoms with Crippen LogP contribution in [0, 0.1) is 5.82 Å². The fourth-order valence-corrected chi connectivity index (χ4v) is 3.65. The third kappa shape index (κ3) is 9.06. The van der Waals surface area contributed by atoms with Crippen LogP contribution in [0.15, 0.2) is 91.4 Å². The van der Waals surface area contributed by atoms with E-state index >= 15 is 0 Å². The van der Waals surface area contributed by atoms with Gasteiger partial charge in [-0.05, 0) is 88.3 Å². The molecule has 0 radical (unpaired) electrons. The summed E-state index contributed by atoms with van der Waals surface area (Å²) in [6.07, 6.45) is 13.9. The Labute approximate surface area is 210 Å². The van der Waals surface area contributed by atoms with E-state index in [1.54, 1.807) is 30.6 Å². The minimum Gasteiger partial charge on any atom is -0.306 e. The number of nitrogens with zero attached hydrogens (tertiary/aromatic N) is 3. The van der Waals surface area contributed by atoms with Crippen LogP contribution in [0.3, 0.4) is 0 Å². The second kappa shape index (κ2) is 14.8. The predicted molar refractivity (Wildman–Crippen MR) is 149 cm³/mol. The summed E-state index contributed by atoms with van der Waals surface area (Å²) in [5.74, 6) is -0.282. The van der Waals surface area contributed by atoms with Crippen molar-refractivity contribution in [3.8, 4) is 22.4 Å². The molecule has 0 spiro atoms. The van der Waals surface area contributed by atoms with E-state index < -0.39 is 0 Å². The van der Waals surface area contributed by atoms with E-state index in [9.17, 15) is 4.39 Å². The average molecular weight is 472 g/mol.